The van der Waals surface area contributed by atoms with Crippen molar-refractivity contribution in [2.24, 2.45) is 0 Å². The molecule has 0 aliphatic carbocycles. The van der Waals surface area contributed by atoms with Gasteiger partial charge in [-0.25, -0.2) is 9.59 Å². The molecule has 5 heteroatoms. The monoisotopic (exact) mass is 310 g/mol. The zero-order chi connectivity index (χ0) is 16.2. The number of benzene rings is 2. The Labute approximate surface area is 132 Å². The zero-order valence-corrected chi connectivity index (χ0v) is 12.4. The lowest BCUT2D eigenvalue weighted by atomic mass is 10.2. The largest absolute Gasteiger partial charge is 0.482 e. The van der Waals surface area contributed by atoms with Crippen LogP contribution in [0.5, 0.6) is 11.5 Å². The van der Waals surface area contributed by atoms with E-state index in [4.69, 9.17) is 13.9 Å². The van der Waals surface area contributed by atoms with Crippen LogP contribution in [0.1, 0.15) is 5.56 Å². The maximum atomic E-state index is 11.8. The van der Waals surface area contributed by atoms with Crippen LogP contribution in [0.3, 0.4) is 0 Å². The second kappa shape index (κ2) is 6.36. The Bertz CT molecular complexity index is 893. The van der Waals surface area contributed by atoms with Crippen molar-refractivity contribution in [3.63, 3.8) is 0 Å². The van der Waals surface area contributed by atoms with Gasteiger partial charge in [0.25, 0.3) is 0 Å². The second-order valence-electron chi connectivity index (χ2n) is 5.03. The Balaban J connectivity index is 1.63. The van der Waals surface area contributed by atoms with Crippen molar-refractivity contribution in [3.8, 4) is 11.5 Å². The van der Waals surface area contributed by atoms with Crippen molar-refractivity contribution in [1.82, 2.24) is 0 Å². The normalized spacial score (nSPS) is 10.5. The molecule has 0 spiro atoms. The number of hydrogen-bond donors (Lipinski definition) is 0. The van der Waals surface area contributed by atoms with Crippen LogP contribution in [0.25, 0.3) is 11.0 Å². The summed E-state index contributed by atoms with van der Waals surface area (Å²) < 4.78 is 15.6. The van der Waals surface area contributed by atoms with Crippen LogP contribution in [0.15, 0.2) is 63.8 Å². The summed E-state index contributed by atoms with van der Waals surface area (Å²) in [5, 5.41) is 0.717. The van der Waals surface area contributed by atoms with Crippen molar-refractivity contribution >= 4 is 16.9 Å². The number of hydrogen-bond acceptors (Lipinski definition) is 5. The van der Waals surface area contributed by atoms with Crippen molar-refractivity contribution in [2.75, 3.05) is 6.61 Å². The van der Waals surface area contributed by atoms with Gasteiger partial charge in [0, 0.05) is 11.5 Å². The zero-order valence-electron chi connectivity index (χ0n) is 12.4. The molecular formula is C18H14O5. The lowest BCUT2D eigenvalue weighted by Crippen LogP contribution is -2.17. The molecule has 1 aromatic heterocycles. The Morgan fingerprint density at radius 1 is 1.00 bits per heavy atom. The van der Waals surface area contributed by atoms with Crippen LogP contribution in [0, 0.1) is 6.92 Å². The summed E-state index contributed by atoms with van der Waals surface area (Å²) in [5.74, 6) is 0.477. The van der Waals surface area contributed by atoms with E-state index in [1.807, 2.05) is 19.1 Å². The third kappa shape index (κ3) is 3.77. The summed E-state index contributed by atoms with van der Waals surface area (Å²) in [7, 11) is 0. The highest BCUT2D eigenvalue weighted by Gasteiger charge is 2.07. The third-order valence-corrected chi connectivity index (χ3v) is 3.20. The van der Waals surface area contributed by atoms with E-state index in [-0.39, 0.29) is 6.61 Å². The molecule has 3 aromatic rings. The van der Waals surface area contributed by atoms with E-state index in [0.29, 0.717) is 22.5 Å². The molecule has 5 nitrogen and oxygen atoms in total. The smallest absolute Gasteiger partial charge is 0.349 e. The number of esters is 1. The number of fused-ring (bicyclic) bond motifs is 1. The van der Waals surface area contributed by atoms with Gasteiger partial charge in [-0.1, -0.05) is 17.7 Å². The maximum absolute atomic E-state index is 11.8. The summed E-state index contributed by atoms with van der Waals surface area (Å²) in [6, 6.07) is 15.1. The molecule has 0 radical (unpaired) electrons. The highest BCUT2D eigenvalue weighted by molar-refractivity contribution is 5.78. The van der Waals surface area contributed by atoms with E-state index in [1.165, 1.54) is 6.07 Å². The van der Waals surface area contributed by atoms with Crippen LogP contribution in [0.4, 0.5) is 0 Å². The lowest BCUT2D eigenvalue weighted by molar-refractivity contribution is -0.136. The van der Waals surface area contributed by atoms with Crippen molar-refractivity contribution in [3.05, 3.63) is 70.6 Å². The van der Waals surface area contributed by atoms with E-state index in [0.717, 1.165) is 5.56 Å². The van der Waals surface area contributed by atoms with Crippen LogP contribution in [-0.4, -0.2) is 12.6 Å². The van der Waals surface area contributed by atoms with E-state index >= 15 is 0 Å². The van der Waals surface area contributed by atoms with Gasteiger partial charge in [-0.15, -0.1) is 0 Å². The molecular weight excluding hydrogens is 296 g/mol. The van der Waals surface area contributed by atoms with E-state index in [9.17, 15) is 9.59 Å². The molecule has 0 amide bonds. The molecule has 2 aromatic carbocycles. The molecule has 23 heavy (non-hydrogen) atoms. The molecule has 0 aliphatic rings. The van der Waals surface area contributed by atoms with Gasteiger partial charge in [0.05, 0.1) is 0 Å². The Morgan fingerprint density at radius 3 is 2.52 bits per heavy atom. The van der Waals surface area contributed by atoms with Crippen molar-refractivity contribution in [2.45, 2.75) is 6.92 Å². The molecule has 116 valence electrons. The molecule has 0 saturated heterocycles. The first-order valence-electron chi connectivity index (χ1n) is 7.04. The van der Waals surface area contributed by atoms with Gasteiger partial charge in [0.2, 0.25) is 0 Å². The van der Waals surface area contributed by atoms with Crippen LogP contribution >= 0.6 is 0 Å². The standard InChI is InChI=1S/C18H14O5/c1-12-2-5-14(6-3-12)22-18(20)11-21-15-7-8-16-13(10-15)4-9-17(19)23-16/h2-10H,11H2,1H3. The van der Waals surface area contributed by atoms with Gasteiger partial charge in [-0.3, -0.25) is 0 Å². The van der Waals surface area contributed by atoms with E-state index in [2.05, 4.69) is 0 Å². The SMILES string of the molecule is Cc1ccc(OC(=O)COc2ccc3oc(=O)ccc3c2)cc1. The highest BCUT2D eigenvalue weighted by Crippen LogP contribution is 2.19. The third-order valence-electron chi connectivity index (χ3n) is 3.20. The molecule has 0 saturated carbocycles. The minimum Gasteiger partial charge on any atom is -0.482 e. The van der Waals surface area contributed by atoms with Gasteiger partial charge in [-0.2, -0.15) is 0 Å². The van der Waals surface area contributed by atoms with Gasteiger partial charge in [-0.05, 0) is 43.3 Å². The molecule has 0 bridgehead atoms. The molecule has 0 unspecified atom stereocenters. The highest BCUT2D eigenvalue weighted by atomic mass is 16.6. The van der Waals surface area contributed by atoms with Crippen LogP contribution in [0.2, 0.25) is 0 Å². The number of ether oxygens (including phenoxy) is 2. The minimum atomic E-state index is -0.492. The van der Waals surface area contributed by atoms with Crippen molar-refractivity contribution < 1.29 is 18.7 Å². The predicted octanol–water partition coefficient (Wildman–Crippen LogP) is 3.09. The van der Waals surface area contributed by atoms with Gasteiger partial charge in [0.1, 0.15) is 17.1 Å². The summed E-state index contributed by atoms with van der Waals surface area (Å²) in [4.78, 5) is 22.9. The number of carbonyl (C=O) groups excluding carboxylic acids is 1. The topological polar surface area (TPSA) is 65.7 Å². The van der Waals surface area contributed by atoms with Gasteiger partial charge in [0.15, 0.2) is 6.61 Å². The summed E-state index contributed by atoms with van der Waals surface area (Å²) in [6.07, 6.45) is 0. The predicted molar refractivity (Wildman–Crippen MR) is 84.8 cm³/mol. The minimum absolute atomic E-state index is 0.212. The number of rotatable bonds is 4. The number of carbonyl (C=O) groups is 1. The molecule has 0 fully saturated rings. The first kappa shape index (κ1) is 14.8. The molecule has 3 rings (SSSR count). The fourth-order valence-electron chi connectivity index (χ4n) is 2.05. The Kier molecular flexibility index (Phi) is 4.10. The van der Waals surface area contributed by atoms with Crippen LogP contribution in [-0.2, 0) is 4.79 Å². The first-order valence-corrected chi connectivity index (χ1v) is 7.04. The quantitative estimate of drug-likeness (QED) is 0.421. The Hall–Kier alpha value is -3.08. The van der Waals surface area contributed by atoms with E-state index < -0.39 is 11.6 Å². The van der Waals surface area contributed by atoms with Gasteiger partial charge >= 0.3 is 11.6 Å². The summed E-state index contributed by atoms with van der Waals surface area (Å²) in [6.45, 7) is 1.74. The molecule has 0 N–H and O–H groups in total. The molecule has 1 heterocycles. The van der Waals surface area contributed by atoms with Gasteiger partial charge < -0.3 is 13.9 Å². The van der Waals surface area contributed by atoms with Crippen molar-refractivity contribution in [1.29, 1.82) is 0 Å². The van der Waals surface area contributed by atoms with Crippen LogP contribution < -0.4 is 15.1 Å². The average molecular weight is 310 g/mol. The first-order chi connectivity index (χ1) is 11.1. The number of aryl methyl sites for hydroxylation is 1. The summed E-state index contributed by atoms with van der Waals surface area (Å²) >= 11 is 0. The average Bonchev–Trinajstić information content (AvgIpc) is 2.55. The molecule has 0 aliphatic heterocycles. The lowest BCUT2D eigenvalue weighted by Gasteiger charge is -2.07. The second-order valence-corrected chi connectivity index (χ2v) is 5.03. The summed E-state index contributed by atoms with van der Waals surface area (Å²) in [5.41, 5.74) is 1.14. The fraction of sp³-hybridized carbons (Fsp3) is 0.111. The van der Waals surface area contributed by atoms with E-state index in [1.54, 1.807) is 36.4 Å². The molecule has 0 atom stereocenters. The fourth-order valence-corrected chi connectivity index (χ4v) is 2.05. The maximum Gasteiger partial charge on any atom is 0.349 e. The Morgan fingerprint density at radius 2 is 1.74 bits per heavy atom.